The average molecular weight is 716 g/mol. The number of fused-ring (bicyclic) bond motifs is 2. The largest absolute Gasteiger partial charge is 0.457 e. The molecule has 3 aliphatic heterocycles. The second-order valence-corrected chi connectivity index (χ2v) is 15.8. The van der Waals surface area contributed by atoms with Gasteiger partial charge in [-0.2, -0.15) is 0 Å². The van der Waals surface area contributed by atoms with Crippen LogP contribution in [0, 0.1) is 23.7 Å². The van der Waals surface area contributed by atoms with Gasteiger partial charge in [-0.3, -0.25) is 9.59 Å². The number of ether oxygens (including phenoxy) is 7. The van der Waals surface area contributed by atoms with Crippen molar-refractivity contribution in [3.8, 4) is 0 Å². The summed E-state index contributed by atoms with van der Waals surface area (Å²) in [6, 6.07) is 8.52. The molecule has 0 saturated carbocycles. The number of carbonyl (C=O) groups excluding carboxylic acids is 3. The Morgan fingerprint density at radius 1 is 1.02 bits per heavy atom. The van der Waals surface area contributed by atoms with Crippen LogP contribution >= 0.6 is 0 Å². The van der Waals surface area contributed by atoms with Gasteiger partial charge in [-0.15, -0.1) is 0 Å². The summed E-state index contributed by atoms with van der Waals surface area (Å²) >= 11 is 0. The molecule has 1 aromatic rings. The van der Waals surface area contributed by atoms with Gasteiger partial charge < -0.3 is 38.1 Å². The van der Waals surface area contributed by atoms with Crippen molar-refractivity contribution in [3.63, 3.8) is 0 Å². The number of cyclic esters (lactones) is 1. The highest BCUT2D eigenvalue weighted by molar-refractivity contribution is 6.00. The fourth-order valence-corrected chi connectivity index (χ4v) is 8.14. The molecule has 3 saturated heterocycles. The van der Waals surface area contributed by atoms with Crippen LogP contribution in [0.5, 0.6) is 0 Å². The van der Waals surface area contributed by atoms with Crippen molar-refractivity contribution in [1.29, 1.82) is 0 Å². The fraction of sp³-hybridized carbons (Fsp3) is 0.725. The Morgan fingerprint density at radius 3 is 2.25 bits per heavy atom. The lowest BCUT2D eigenvalue weighted by atomic mass is 9.74. The maximum atomic E-state index is 14.3. The molecule has 3 heterocycles. The lowest BCUT2D eigenvalue weighted by Gasteiger charge is -2.51. The number of likely N-dealkylation sites (N-methyl/N-ethyl adjacent to an activating group) is 1. The van der Waals surface area contributed by atoms with Gasteiger partial charge in [-0.05, 0) is 91.6 Å². The van der Waals surface area contributed by atoms with Crippen LogP contribution in [0.3, 0.4) is 0 Å². The van der Waals surface area contributed by atoms with Crippen molar-refractivity contribution < 1.29 is 47.5 Å². The van der Waals surface area contributed by atoms with Crippen molar-refractivity contribution in [1.82, 2.24) is 4.90 Å². The highest BCUT2D eigenvalue weighted by atomic mass is 16.7. The van der Waals surface area contributed by atoms with Gasteiger partial charge in [0.1, 0.15) is 12.0 Å². The van der Waals surface area contributed by atoms with Gasteiger partial charge in [0.2, 0.25) is 0 Å². The molecule has 0 aliphatic carbocycles. The molecule has 0 amide bonds. The van der Waals surface area contributed by atoms with Gasteiger partial charge in [0, 0.05) is 18.9 Å². The summed E-state index contributed by atoms with van der Waals surface area (Å²) in [5, 5.41) is 0. The second kappa shape index (κ2) is 16.6. The van der Waals surface area contributed by atoms with Gasteiger partial charge in [0.25, 0.3) is 0 Å². The van der Waals surface area contributed by atoms with E-state index in [2.05, 4.69) is 20.4 Å². The molecule has 11 nitrogen and oxygen atoms in total. The van der Waals surface area contributed by atoms with Crippen LogP contribution < -0.4 is 0 Å². The van der Waals surface area contributed by atoms with E-state index in [0.717, 1.165) is 0 Å². The minimum Gasteiger partial charge on any atom is -0.457 e. The normalized spacial score (nSPS) is 39.6. The lowest BCUT2D eigenvalue weighted by molar-refractivity contribution is -0.325. The Morgan fingerprint density at radius 2 is 1.67 bits per heavy atom. The van der Waals surface area contributed by atoms with Gasteiger partial charge in [0.15, 0.2) is 24.0 Å². The summed E-state index contributed by atoms with van der Waals surface area (Å²) in [6.07, 6.45) is -3.07. The number of ketones is 1. The van der Waals surface area contributed by atoms with E-state index < -0.39 is 65.9 Å². The number of carbonyl (C=O) groups is 3. The van der Waals surface area contributed by atoms with Gasteiger partial charge >= 0.3 is 11.9 Å². The average Bonchev–Trinajstić information content (AvgIpc) is 3.09. The highest BCUT2D eigenvalue weighted by Crippen LogP contribution is 2.43. The molecule has 3 aliphatic rings. The summed E-state index contributed by atoms with van der Waals surface area (Å²) < 4.78 is 44.9. The van der Waals surface area contributed by atoms with Crippen LogP contribution in [0.25, 0.3) is 0 Å². The number of hydrogen-bond donors (Lipinski definition) is 0. The number of nitrogens with zero attached hydrogens (tertiary/aromatic N) is 1. The summed E-state index contributed by atoms with van der Waals surface area (Å²) in [6.45, 7) is 21.3. The minimum absolute atomic E-state index is 0.118. The molecule has 0 radical (unpaired) electrons. The van der Waals surface area contributed by atoms with Crippen molar-refractivity contribution >= 4 is 17.7 Å². The van der Waals surface area contributed by atoms with Crippen molar-refractivity contribution in [2.24, 2.45) is 23.7 Å². The maximum absolute atomic E-state index is 14.3. The molecule has 13 atom stereocenters. The fourth-order valence-electron chi connectivity index (χ4n) is 8.14. The van der Waals surface area contributed by atoms with E-state index in [4.69, 9.17) is 33.2 Å². The maximum Gasteiger partial charge on any atom is 0.338 e. The number of Topliss-reactive ketones (excluding diaryl/α,β-unsaturated/α-hetero) is 1. The van der Waals surface area contributed by atoms with Crippen LogP contribution in [-0.2, 0) is 42.7 Å². The molecule has 0 spiro atoms. The Balaban J connectivity index is 1.80. The first-order valence-corrected chi connectivity index (χ1v) is 18.4. The second-order valence-electron chi connectivity index (χ2n) is 15.8. The number of benzene rings is 1. The molecule has 0 aromatic heterocycles. The third-order valence-corrected chi connectivity index (χ3v) is 11.1. The predicted molar refractivity (Wildman–Crippen MR) is 192 cm³/mol. The van der Waals surface area contributed by atoms with Gasteiger partial charge in [-0.25, -0.2) is 4.79 Å². The van der Waals surface area contributed by atoms with E-state index in [1.807, 2.05) is 59.7 Å². The van der Waals surface area contributed by atoms with E-state index in [0.29, 0.717) is 30.4 Å². The van der Waals surface area contributed by atoms with E-state index in [-0.39, 0.29) is 35.9 Å². The van der Waals surface area contributed by atoms with E-state index in [1.54, 1.807) is 45.2 Å². The third kappa shape index (κ3) is 9.11. The summed E-state index contributed by atoms with van der Waals surface area (Å²) in [5.41, 5.74) is -0.0584. The lowest BCUT2D eigenvalue weighted by Crippen LogP contribution is -2.61. The third-order valence-electron chi connectivity index (χ3n) is 11.1. The molecule has 11 heteroatoms. The van der Waals surface area contributed by atoms with Crippen LogP contribution in [-0.4, -0.2) is 104 Å². The minimum atomic E-state index is -1.11. The van der Waals surface area contributed by atoms with Crippen molar-refractivity contribution in [2.45, 2.75) is 142 Å². The summed E-state index contributed by atoms with van der Waals surface area (Å²) in [5.74, 6) is -4.72. The van der Waals surface area contributed by atoms with Crippen LogP contribution in [0.15, 0.2) is 42.5 Å². The smallest absolute Gasteiger partial charge is 0.338 e. The first kappa shape index (κ1) is 41.1. The number of hydrogen-bond acceptors (Lipinski definition) is 11. The monoisotopic (exact) mass is 715 g/mol. The first-order chi connectivity index (χ1) is 23.8. The zero-order chi connectivity index (χ0) is 38.0. The Hall–Kier alpha value is -2.67. The molecule has 3 fully saturated rings. The standard InChI is InChI=1S/C40H61NO10/c1-14-30-24(4)33-27(7)32(50-39(8,9)51-33)22(2)21-40(10,45-13)35(25(5)31(42)26(6)36(43)47-30)49-38-34(29(41(11)12)20-23(3)46-38)48-37(44)28-18-16-15-17-19-28/h15-19,22-23,25-27,29-30,32-35,38H,4,14,20-21H2,1-3,5-13H3/t22-,23-,25+,26-,27+,29+,30-,32+,33+,34-,35-,38+,40-/m1/s1. The number of rotatable bonds is 7. The Labute approximate surface area is 304 Å². The quantitative estimate of drug-likeness (QED) is 0.188. The van der Waals surface area contributed by atoms with Crippen molar-refractivity contribution in [2.75, 3.05) is 21.2 Å². The molecule has 1 aromatic carbocycles. The number of esters is 2. The highest BCUT2D eigenvalue weighted by Gasteiger charge is 2.53. The Kier molecular flexibility index (Phi) is 13.3. The SMILES string of the molecule is C=C1[C@@H](CC)OC(=O)[C@H](C)C(=O)[C@H](C)[C@@H](O[C@@H]2O[C@H](C)C[C@H](N(C)C)[C@H]2OC(=O)c2ccccc2)[C@](C)(OC)C[C@@H](C)[C@@H]2OC(C)(C)O[C@@H]1[C@H]2C. The zero-order valence-electron chi connectivity index (χ0n) is 32.7. The van der Waals surface area contributed by atoms with E-state index >= 15 is 0 Å². The van der Waals surface area contributed by atoms with Crippen LogP contribution in [0.1, 0.15) is 91.9 Å². The first-order valence-electron chi connectivity index (χ1n) is 18.4. The van der Waals surface area contributed by atoms with Crippen LogP contribution in [0.4, 0.5) is 0 Å². The summed E-state index contributed by atoms with van der Waals surface area (Å²) in [7, 11) is 5.44. The molecule has 0 unspecified atom stereocenters. The molecular formula is C40H61NO10. The molecule has 2 bridgehead atoms. The predicted octanol–water partition coefficient (Wildman–Crippen LogP) is 5.98. The molecule has 0 N–H and O–H groups in total. The Bertz CT molecular complexity index is 1380. The molecule has 51 heavy (non-hydrogen) atoms. The van der Waals surface area contributed by atoms with E-state index in [1.165, 1.54) is 0 Å². The number of methoxy groups -OCH3 is 1. The molecule has 4 rings (SSSR count). The van der Waals surface area contributed by atoms with Crippen molar-refractivity contribution in [3.05, 3.63) is 48.0 Å². The topological polar surface area (TPSA) is 119 Å². The summed E-state index contributed by atoms with van der Waals surface area (Å²) in [4.78, 5) is 43.5. The van der Waals surface area contributed by atoms with Gasteiger partial charge in [0.05, 0.1) is 41.6 Å². The molecular weight excluding hydrogens is 654 g/mol. The molecule has 286 valence electrons. The van der Waals surface area contributed by atoms with Crippen LogP contribution in [0.2, 0.25) is 0 Å². The van der Waals surface area contributed by atoms with Gasteiger partial charge in [-0.1, -0.05) is 52.5 Å². The van der Waals surface area contributed by atoms with E-state index in [9.17, 15) is 14.4 Å². The zero-order valence-corrected chi connectivity index (χ0v) is 32.7.